The van der Waals surface area contributed by atoms with Crippen LogP contribution in [0.4, 0.5) is 0 Å². The van der Waals surface area contributed by atoms with E-state index in [1.54, 1.807) is 0 Å². The first-order valence-corrected chi connectivity index (χ1v) is 4.76. The van der Waals surface area contributed by atoms with E-state index >= 15 is 0 Å². The molecule has 0 amide bonds. The smallest absolute Gasteiger partial charge is 0.228 e. The summed E-state index contributed by atoms with van der Waals surface area (Å²) < 4.78 is 9.82. The third kappa shape index (κ3) is 2.81. The Labute approximate surface area is 91.3 Å². The molecule has 0 radical (unpaired) electrons. The van der Waals surface area contributed by atoms with Crippen LogP contribution in [-0.2, 0) is 9.47 Å². The van der Waals surface area contributed by atoms with Crippen molar-refractivity contribution in [2.24, 2.45) is 0 Å². The topological polar surface area (TPSA) is 99.4 Å². The molecule has 0 saturated carbocycles. The quantitative estimate of drug-likeness (QED) is 0.449. The van der Waals surface area contributed by atoms with E-state index in [2.05, 4.69) is 0 Å². The van der Waals surface area contributed by atoms with E-state index in [0.29, 0.717) is 0 Å². The van der Waals surface area contributed by atoms with Crippen LogP contribution < -0.4 is 0 Å². The fraction of sp³-hybridized carbons (Fsp3) is 0.750. The summed E-state index contributed by atoms with van der Waals surface area (Å²) in [5.74, 6) is 0. The van der Waals surface area contributed by atoms with Gasteiger partial charge in [-0.3, -0.25) is 0 Å². The Hall–Kier alpha value is -0.370. The van der Waals surface area contributed by atoms with E-state index in [-0.39, 0.29) is 0 Å². The molecule has 7 heteroatoms. The van der Waals surface area contributed by atoms with Crippen LogP contribution in [-0.4, -0.2) is 57.7 Å². The summed E-state index contributed by atoms with van der Waals surface area (Å²) in [4.78, 5) is 0. The number of halogens is 1. The average molecular weight is 241 g/mol. The Balaban J connectivity index is 2.65. The molecule has 0 spiro atoms. The minimum atomic E-state index is -1.44. The van der Waals surface area contributed by atoms with E-state index < -0.39 is 37.3 Å². The van der Waals surface area contributed by atoms with Gasteiger partial charge in [-0.2, -0.15) is 0 Å². The molecule has 0 aliphatic carbocycles. The van der Waals surface area contributed by atoms with Crippen molar-refractivity contribution in [1.82, 2.24) is 0 Å². The number of aliphatic hydroxyl groups excluding tert-OH is 4. The maximum absolute atomic E-state index is 9.43. The third-order valence-corrected chi connectivity index (χ3v) is 2.22. The standard InChI is InChI=1S/C8H13ClO6/c9-1-2-14-8-7(13)6(12)5(11)4(3-10)15-8/h1-2,4-8,10-13H,3H2/t4-,5+,6+,7-,8-/m1/s1. The van der Waals surface area contributed by atoms with Crippen molar-refractivity contribution in [2.45, 2.75) is 30.7 Å². The fourth-order valence-electron chi connectivity index (χ4n) is 1.29. The number of ether oxygens (including phenoxy) is 2. The molecular weight excluding hydrogens is 228 g/mol. The molecule has 6 nitrogen and oxygen atoms in total. The zero-order valence-electron chi connectivity index (χ0n) is 7.73. The van der Waals surface area contributed by atoms with Crippen molar-refractivity contribution in [3.63, 3.8) is 0 Å². The van der Waals surface area contributed by atoms with Gasteiger partial charge in [0.2, 0.25) is 6.29 Å². The van der Waals surface area contributed by atoms with Crippen LogP contribution in [0.1, 0.15) is 0 Å². The molecule has 5 atom stereocenters. The van der Waals surface area contributed by atoms with Crippen molar-refractivity contribution in [3.8, 4) is 0 Å². The molecule has 0 bridgehead atoms. The van der Waals surface area contributed by atoms with E-state index in [1.807, 2.05) is 0 Å². The summed E-state index contributed by atoms with van der Waals surface area (Å²) in [7, 11) is 0. The molecule has 0 unspecified atom stereocenters. The summed E-state index contributed by atoms with van der Waals surface area (Å²) in [6, 6.07) is 0. The number of hydrogen-bond donors (Lipinski definition) is 4. The monoisotopic (exact) mass is 240 g/mol. The van der Waals surface area contributed by atoms with Gasteiger partial charge in [0.1, 0.15) is 24.4 Å². The van der Waals surface area contributed by atoms with Crippen molar-refractivity contribution in [3.05, 3.63) is 11.8 Å². The second kappa shape index (κ2) is 5.64. The summed E-state index contributed by atoms with van der Waals surface area (Å²) in [6.07, 6.45) is -5.31. The molecule has 4 N–H and O–H groups in total. The van der Waals surface area contributed by atoms with Gasteiger partial charge in [0, 0.05) is 5.54 Å². The molecule has 1 aliphatic rings. The van der Waals surface area contributed by atoms with Gasteiger partial charge in [0.05, 0.1) is 12.9 Å². The lowest BCUT2D eigenvalue weighted by Crippen LogP contribution is -2.58. The Bertz CT molecular complexity index is 221. The molecule has 1 saturated heterocycles. The molecular formula is C8H13ClO6. The Kier molecular flexibility index (Phi) is 4.78. The average Bonchev–Trinajstić information content (AvgIpc) is 2.25. The Morgan fingerprint density at radius 2 is 1.87 bits per heavy atom. The SMILES string of the molecule is OC[C@H]1O[C@@H](OC=CCl)[C@H](O)[C@@H](O)[C@H]1O. The highest BCUT2D eigenvalue weighted by Gasteiger charge is 2.44. The molecule has 1 heterocycles. The van der Waals surface area contributed by atoms with Crippen LogP contribution in [0.15, 0.2) is 11.8 Å². The minimum absolute atomic E-state index is 0.491. The lowest BCUT2D eigenvalue weighted by Gasteiger charge is -2.38. The summed E-state index contributed by atoms with van der Waals surface area (Å²) in [5.41, 5.74) is 1.06. The first-order valence-electron chi connectivity index (χ1n) is 4.33. The van der Waals surface area contributed by atoms with E-state index in [9.17, 15) is 15.3 Å². The fourth-order valence-corrected chi connectivity index (χ4v) is 1.35. The Morgan fingerprint density at radius 1 is 1.20 bits per heavy atom. The highest BCUT2D eigenvalue weighted by Crippen LogP contribution is 2.21. The molecule has 15 heavy (non-hydrogen) atoms. The maximum atomic E-state index is 9.43. The Morgan fingerprint density at radius 3 is 2.40 bits per heavy atom. The van der Waals surface area contributed by atoms with Gasteiger partial charge in [-0.25, -0.2) is 0 Å². The summed E-state index contributed by atoms with van der Waals surface area (Å²) in [6.45, 7) is -0.491. The van der Waals surface area contributed by atoms with E-state index in [1.165, 1.54) is 0 Å². The summed E-state index contributed by atoms with van der Waals surface area (Å²) in [5, 5.41) is 37.0. The van der Waals surface area contributed by atoms with Gasteiger partial charge in [0.25, 0.3) is 0 Å². The van der Waals surface area contributed by atoms with Crippen molar-refractivity contribution < 1.29 is 29.9 Å². The second-order valence-electron chi connectivity index (χ2n) is 3.10. The predicted octanol–water partition coefficient (Wildman–Crippen LogP) is -1.49. The molecule has 88 valence electrons. The highest BCUT2D eigenvalue weighted by molar-refractivity contribution is 6.25. The van der Waals surface area contributed by atoms with Gasteiger partial charge in [-0.15, -0.1) is 0 Å². The van der Waals surface area contributed by atoms with Crippen LogP contribution >= 0.6 is 11.6 Å². The summed E-state index contributed by atoms with van der Waals surface area (Å²) >= 11 is 5.20. The first kappa shape index (κ1) is 12.7. The van der Waals surface area contributed by atoms with Crippen LogP contribution in [0.2, 0.25) is 0 Å². The van der Waals surface area contributed by atoms with Crippen molar-refractivity contribution in [2.75, 3.05) is 6.61 Å². The van der Waals surface area contributed by atoms with Gasteiger partial charge in [0.15, 0.2) is 0 Å². The zero-order valence-corrected chi connectivity index (χ0v) is 8.49. The highest BCUT2D eigenvalue weighted by atomic mass is 35.5. The van der Waals surface area contributed by atoms with Crippen molar-refractivity contribution in [1.29, 1.82) is 0 Å². The van der Waals surface area contributed by atoms with Gasteiger partial charge >= 0.3 is 0 Å². The predicted molar refractivity (Wildman–Crippen MR) is 49.8 cm³/mol. The second-order valence-corrected chi connectivity index (χ2v) is 3.35. The minimum Gasteiger partial charge on any atom is -0.469 e. The largest absolute Gasteiger partial charge is 0.469 e. The lowest BCUT2D eigenvalue weighted by molar-refractivity contribution is -0.287. The molecule has 0 aromatic carbocycles. The van der Waals surface area contributed by atoms with Gasteiger partial charge in [-0.1, -0.05) is 11.6 Å². The number of rotatable bonds is 3. The molecule has 0 aromatic heterocycles. The van der Waals surface area contributed by atoms with Crippen LogP contribution in [0.5, 0.6) is 0 Å². The normalized spacial score (nSPS) is 42.1. The molecule has 0 aromatic rings. The van der Waals surface area contributed by atoms with E-state index in [4.69, 9.17) is 26.2 Å². The van der Waals surface area contributed by atoms with Gasteiger partial charge < -0.3 is 29.9 Å². The lowest BCUT2D eigenvalue weighted by atomic mass is 9.99. The first-order chi connectivity index (χ1) is 7.11. The number of hydrogen-bond acceptors (Lipinski definition) is 6. The molecule has 1 fully saturated rings. The van der Waals surface area contributed by atoms with Crippen LogP contribution in [0.25, 0.3) is 0 Å². The van der Waals surface area contributed by atoms with Gasteiger partial charge in [-0.05, 0) is 0 Å². The maximum Gasteiger partial charge on any atom is 0.228 e. The zero-order chi connectivity index (χ0) is 11.4. The van der Waals surface area contributed by atoms with Crippen LogP contribution in [0, 0.1) is 0 Å². The third-order valence-electron chi connectivity index (χ3n) is 2.11. The molecule has 1 aliphatic heterocycles. The van der Waals surface area contributed by atoms with E-state index in [0.717, 1.165) is 11.8 Å². The number of aliphatic hydroxyl groups is 4. The molecule has 1 rings (SSSR count). The van der Waals surface area contributed by atoms with Crippen molar-refractivity contribution >= 4 is 11.6 Å². The van der Waals surface area contributed by atoms with Crippen LogP contribution in [0.3, 0.4) is 0 Å².